The standard InChI is InChI=1S/C24H28N4O2S/c1-19(29)28(22-9-4-3-5-10-22)24-25-21(18-31-24)17-26(2)16-20-8-6-7-11-23(20)27-12-14-30-15-13-27/h3-11,18H,12-17H2,1-2H3. The van der Waals surface area contributed by atoms with Gasteiger partial charge >= 0.3 is 0 Å². The summed E-state index contributed by atoms with van der Waals surface area (Å²) in [6, 6.07) is 18.2. The van der Waals surface area contributed by atoms with Crippen LogP contribution in [0.1, 0.15) is 18.2 Å². The molecule has 0 unspecified atom stereocenters. The molecular formula is C24H28N4O2S. The van der Waals surface area contributed by atoms with Crippen LogP contribution in [0.25, 0.3) is 0 Å². The maximum atomic E-state index is 12.3. The highest BCUT2D eigenvalue weighted by Crippen LogP contribution is 2.29. The summed E-state index contributed by atoms with van der Waals surface area (Å²) in [6.45, 7) is 6.53. The van der Waals surface area contributed by atoms with Crippen LogP contribution in [-0.4, -0.2) is 49.1 Å². The number of benzene rings is 2. The molecule has 0 spiro atoms. The van der Waals surface area contributed by atoms with Crippen molar-refractivity contribution in [2.75, 3.05) is 43.2 Å². The van der Waals surface area contributed by atoms with Gasteiger partial charge in [0.25, 0.3) is 0 Å². The van der Waals surface area contributed by atoms with E-state index in [0.29, 0.717) is 11.7 Å². The maximum Gasteiger partial charge on any atom is 0.230 e. The van der Waals surface area contributed by atoms with Crippen molar-refractivity contribution in [1.82, 2.24) is 9.88 Å². The number of carbonyl (C=O) groups excluding carboxylic acids is 1. The number of anilines is 3. The van der Waals surface area contributed by atoms with Gasteiger partial charge in [0.15, 0.2) is 5.13 Å². The fourth-order valence-corrected chi connectivity index (χ4v) is 4.73. The molecule has 0 saturated carbocycles. The van der Waals surface area contributed by atoms with E-state index in [2.05, 4.69) is 41.1 Å². The van der Waals surface area contributed by atoms with Crippen molar-refractivity contribution >= 4 is 33.8 Å². The number of morpholine rings is 1. The number of nitrogens with zero attached hydrogens (tertiary/aromatic N) is 4. The molecule has 1 fully saturated rings. The zero-order chi connectivity index (χ0) is 21.6. The Kier molecular flexibility index (Phi) is 6.96. The Hall–Kier alpha value is -2.74. The number of ether oxygens (including phenoxy) is 1. The second-order valence-electron chi connectivity index (χ2n) is 7.71. The summed E-state index contributed by atoms with van der Waals surface area (Å²) in [7, 11) is 2.11. The second-order valence-corrected chi connectivity index (χ2v) is 8.55. The minimum Gasteiger partial charge on any atom is -0.378 e. The largest absolute Gasteiger partial charge is 0.378 e. The Labute approximate surface area is 187 Å². The van der Waals surface area contributed by atoms with E-state index >= 15 is 0 Å². The number of amides is 1. The number of carbonyl (C=O) groups is 1. The van der Waals surface area contributed by atoms with Gasteiger partial charge in [-0.05, 0) is 30.8 Å². The topological polar surface area (TPSA) is 48.9 Å². The second kappa shape index (κ2) is 10.0. The number of aromatic nitrogens is 1. The van der Waals surface area contributed by atoms with E-state index in [1.807, 2.05) is 35.7 Å². The minimum absolute atomic E-state index is 0.0418. The summed E-state index contributed by atoms with van der Waals surface area (Å²) in [4.78, 5) is 23.4. The molecule has 7 heteroatoms. The van der Waals surface area contributed by atoms with Crippen molar-refractivity contribution in [3.8, 4) is 0 Å². The van der Waals surface area contributed by atoms with Gasteiger partial charge in [0.1, 0.15) is 0 Å². The van der Waals surface area contributed by atoms with Gasteiger partial charge in [0.2, 0.25) is 5.91 Å². The van der Waals surface area contributed by atoms with Crippen LogP contribution in [0.4, 0.5) is 16.5 Å². The van der Waals surface area contributed by atoms with Gasteiger partial charge in [-0.25, -0.2) is 4.98 Å². The molecule has 2 aromatic carbocycles. The molecule has 0 aliphatic carbocycles. The third kappa shape index (κ3) is 5.31. The van der Waals surface area contributed by atoms with Gasteiger partial charge in [-0.1, -0.05) is 36.4 Å². The molecule has 1 aliphatic rings. The van der Waals surface area contributed by atoms with E-state index in [9.17, 15) is 4.79 Å². The SMILES string of the molecule is CC(=O)N(c1ccccc1)c1nc(CN(C)Cc2ccccc2N2CCOCC2)cs1. The van der Waals surface area contributed by atoms with Crippen molar-refractivity contribution in [1.29, 1.82) is 0 Å². The van der Waals surface area contributed by atoms with Gasteiger partial charge in [-0.2, -0.15) is 0 Å². The lowest BCUT2D eigenvalue weighted by Gasteiger charge is -2.31. The molecule has 0 atom stereocenters. The van der Waals surface area contributed by atoms with Crippen molar-refractivity contribution in [2.45, 2.75) is 20.0 Å². The maximum absolute atomic E-state index is 12.3. The molecule has 1 amide bonds. The summed E-state index contributed by atoms with van der Waals surface area (Å²) < 4.78 is 5.50. The highest BCUT2D eigenvalue weighted by Gasteiger charge is 2.19. The van der Waals surface area contributed by atoms with Crippen molar-refractivity contribution in [3.05, 3.63) is 71.2 Å². The molecule has 162 valence electrons. The molecule has 31 heavy (non-hydrogen) atoms. The van der Waals surface area contributed by atoms with Gasteiger partial charge in [0, 0.05) is 44.2 Å². The highest BCUT2D eigenvalue weighted by atomic mass is 32.1. The highest BCUT2D eigenvalue weighted by molar-refractivity contribution is 7.14. The molecule has 2 heterocycles. The Morgan fingerprint density at radius 2 is 1.77 bits per heavy atom. The summed E-state index contributed by atoms with van der Waals surface area (Å²) in [5.74, 6) is -0.0418. The molecule has 0 bridgehead atoms. The van der Waals surface area contributed by atoms with Crippen molar-refractivity contribution in [2.24, 2.45) is 0 Å². The fourth-order valence-electron chi connectivity index (χ4n) is 3.86. The zero-order valence-corrected chi connectivity index (χ0v) is 18.8. The van der Waals surface area contributed by atoms with E-state index in [1.165, 1.54) is 22.6 Å². The summed E-state index contributed by atoms with van der Waals surface area (Å²) in [5, 5.41) is 2.74. The number of hydrogen-bond acceptors (Lipinski definition) is 6. The first-order valence-electron chi connectivity index (χ1n) is 10.5. The van der Waals surface area contributed by atoms with E-state index < -0.39 is 0 Å². The Bertz CT molecular complexity index is 1000. The van der Waals surface area contributed by atoms with E-state index in [4.69, 9.17) is 9.72 Å². The Morgan fingerprint density at radius 3 is 2.52 bits per heavy atom. The number of rotatable bonds is 7. The van der Waals surface area contributed by atoms with Crippen LogP contribution < -0.4 is 9.80 Å². The average Bonchev–Trinajstić information content (AvgIpc) is 3.23. The van der Waals surface area contributed by atoms with E-state index in [1.54, 1.807) is 11.8 Å². The third-order valence-corrected chi connectivity index (χ3v) is 6.15. The summed E-state index contributed by atoms with van der Waals surface area (Å²) >= 11 is 1.50. The molecule has 4 rings (SSSR count). The van der Waals surface area contributed by atoms with Crippen LogP contribution >= 0.6 is 11.3 Å². The normalized spacial score (nSPS) is 14.1. The lowest BCUT2D eigenvalue weighted by molar-refractivity contribution is -0.115. The molecule has 1 saturated heterocycles. The summed E-state index contributed by atoms with van der Waals surface area (Å²) in [5.41, 5.74) is 4.39. The average molecular weight is 437 g/mol. The summed E-state index contributed by atoms with van der Waals surface area (Å²) in [6.07, 6.45) is 0. The number of para-hydroxylation sites is 2. The molecule has 0 radical (unpaired) electrons. The first-order chi connectivity index (χ1) is 15.1. The zero-order valence-electron chi connectivity index (χ0n) is 18.0. The minimum atomic E-state index is -0.0418. The monoisotopic (exact) mass is 436 g/mol. The van der Waals surface area contributed by atoms with E-state index in [0.717, 1.165) is 44.2 Å². The van der Waals surface area contributed by atoms with Crippen molar-refractivity contribution < 1.29 is 9.53 Å². The van der Waals surface area contributed by atoms with Crippen LogP contribution in [0.3, 0.4) is 0 Å². The molecule has 1 aromatic heterocycles. The molecular weight excluding hydrogens is 408 g/mol. The first kappa shape index (κ1) is 21.5. The van der Waals surface area contributed by atoms with Gasteiger partial charge < -0.3 is 9.64 Å². The van der Waals surface area contributed by atoms with Crippen LogP contribution in [0.2, 0.25) is 0 Å². The van der Waals surface area contributed by atoms with E-state index in [-0.39, 0.29) is 5.91 Å². The van der Waals surface area contributed by atoms with Gasteiger partial charge in [0.05, 0.1) is 24.6 Å². The predicted octanol–water partition coefficient (Wildman–Crippen LogP) is 4.30. The van der Waals surface area contributed by atoms with Crippen molar-refractivity contribution in [3.63, 3.8) is 0 Å². The quantitative estimate of drug-likeness (QED) is 0.553. The number of thiazole rings is 1. The first-order valence-corrected chi connectivity index (χ1v) is 11.4. The van der Waals surface area contributed by atoms with Crippen LogP contribution in [0.5, 0.6) is 0 Å². The molecule has 1 aliphatic heterocycles. The van der Waals surface area contributed by atoms with Crippen LogP contribution in [-0.2, 0) is 22.6 Å². The molecule has 0 N–H and O–H groups in total. The number of hydrogen-bond donors (Lipinski definition) is 0. The predicted molar refractivity (Wildman–Crippen MR) is 126 cm³/mol. The van der Waals surface area contributed by atoms with Crippen LogP contribution in [0.15, 0.2) is 60.0 Å². The molecule has 6 nitrogen and oxygen atoms in total. The van der Waals surface area contributed by atoms with Gasteiger partial charge in [-0.15, -0.1) is 11.3 Å². The lowest BCUT2D eigenvalue weighted by atomic mass is 10.1. The third-order valence-electron chi connectivity index (χ3n) is 5.28. The van der Waals surface area contributed by atoms with Gasteiger partial charge in [-0.3, -0.25) is 14.6 Å². The Morgan fingerprint density at radius 1 is 1.06 bits per heavy atom. The molecule has 3 aromatic rings. The lowest BCUT2D eigenvalue weighted by Crippen LogP contribution is -2.37. The Balaban J connectivity index is 1.45. The fraction of sp³-hybridized carbons (Fsp3) is 0.333. The smallest absolute Gasteiger partial charge is 0.230 e. The van der Waals surface area contributed by atoms with Crippen LogP contribution in [0, 0.1) is 0 Å².